The zero-order chi connectivity index (χ0) is 12.7. The van der Waals surface area contributed by atoms with Crippen molar-refractivity contribution in [3.63, 3.8) is 0 Å². The normalized spacial score (nSPS) is 32.6. The van der Waals surface area contributed by atoms with Crippen LogP contribution in [0, 0.1) is 11.8 Å². The molecule has 0 bridgehead atoms. The lowest BCUT2D eigenvalue weighted by atomic mass is 10.00. The minimum atomic E-state index is -0.0949. The molecule has 0 radical (unpaired) electrons. The maximum absolute atomic E-state index is 9.99. The summed E-state index contributed by atoms with van der Waals surface area (Å²) in [5.41, 5.74) is 8.52. The minimum absolute atomic E-state index is 0.0616. The zero-order valence-corrected chi connectivity index (χ0v) is 10.9. The van der Waals surface area contributed by atoms with Crippen LogP contribution in [0.5, 0.6) is 0 Å². The van der Waals surface area contributed by atoms with Crippen LogP contribution >= 0.6 is 0 Å². The molecule has 1 saturated heterocycles. The predicted octanol–water partition coefficient (Wildman–Crippen LogP) is 1.91. The number of nitrogens with zero attached hydrogens (tertiary/aromatic N) is 1. The smallest absolute Gasteiger partial charge is 0.0588 e. The molecule has 98 valence electrons. The molecule has 18 heavy (non-hydrogen) atoms. The number of aliphatic hydroxyl groups is 1. The Morgan fingerprint density at radius 3 is 2.78 bits per heavy atom. The molecule has 1 aromatic carbocycles. The summed E-state index contributed by atoms with van der Waals surface area (Å²) in [4.78, 5) is 2.41. The van der Waals surface area contributed by atoms with Crippen LogP contribution in [0.4, 0.5) is 5.69 Å². The Kier molecular flexibility index (Phi) is 3.04. The summed E-state index contributed by atoms with van der Waals surface area (Å²) in [6, 6.07) is 8.46. The third-order valence-corrected chi connectivity index (χ3v) is 4.59. The van der Waals surface area contributed by atoms with Gasteiger partial charge in [-0.05, 0) is 37.3 Å². The van der Waals surface area contributed by atoms with E-state index in [9.17, 15) is 5.11 Å². The van der Waals surface area contributed by atoms with Gasteiger partial charge in [-0.25, -0.2) is 0 Å². The molecule has 1 saturated carbocycles. The van der Waals surface area contributed by atoms with Gasteiger partial charge in [0.2, 0.25) is 0 Å². The lowest BCUT2D eigenvalue weighted by Crippen LogP contribution is -2.26. The largest absolute Gasteiger partial charge is 0.393 e. The molecule has 3 rings (SSSR count). The van der Waals surface area contributed by atoms with E-state index in [0.717, 1.165) is 19.5 Å². The van der Waals surface area contributed by atoms with Crippen LogP contribution in [0.3, 0.4) is 0 Å². The van der Waals surface area contributed by atoms with Crippen LogP contribution in [0.25, 0.3) is 0 Å². The summed E-state index contributed by atoms with van der Waals surface area (Å²) in [7, 11) is 0. The van der Waals surface area contributed by atoms with Gasteiger partial charge in [-0.3, -0.25) is 0 Å². The molecular weight excluding hydrogens is 224 g/mol. The van der Waals surface area contributed by atoms with Gasteiger partial charge in [0, 0.05) is 30.7 Å². The minimum Gasteiger partial charge on any atom is -0.393 e. The van der Waals surface area contributed by atoms with Gasteiger partial charge >= 0.3 is 0 Å². The molecule has 0 spiro atoms. The molecule has 0 amide bonds. The number of anilines is 1. The fourth-order valence-corrected chi connectivity index (χ4v) is 3.59. The molecule has 1 aromatic rings. The van der Waals surface area contributed by atoms with Crippen LogP contribution < -0.4 is 10.6 Å². The zero-order valence-electron chi connectivity index (χ0n) is 10.9. The summed E-state index contributed by atoms with van der Waals surface area (Å²) < 4.78 is 0. The molecular formula is C15H22N2O. The van der Waals surface area contributed by atoms with E-state index in [-0.39, 0.29) is 12.1 Å². The van der Waals surface area contributed by atoms with Gasteiger partial charge in [-0.2, -0.15) is 0 Å². The van der Waals surface area contributed by atoms with Crippen molar-refractivity contribution in [1.82, 2.24) is 0 Å². The lowest BCUT2D eigenvalue weighted by molar-refractivity contribution is 0.133. The average Bonchev–Trinajstić information content (AvgIpc) is 2.92. The van der Waals surface area contributed by atoms with E-state index in [1.54, 1.807) is 0 Å². The highest BCUT2D eigenvalue weighted by Gasteiger charge is 2.42. The first kappa shape index (κ1) is 12.0. The van der Waals surface area contributed by atoms with E-state index in [4.69, 9.17) is 5.73 Å². The fourth-order valence-electron chi connectivity index (χ4n) is 3.59. The van der Waals surface area contributed by atoms with Gasteiger partial charge in [-0.15, -0.1) is 0 Å². The summed E-state index contributed by atoms with van der Waals surface area (Å²) >= 11 is 0. The van der Waals surface area contributed by atoms with Crippen molar-refractivity contribution in [3.05, 3.63) is 29.8 Å². The lowest BCUT2D eigenvalue weighted by Gasteiger charge is -2.24. The van der Waals surface area contributed by atoms with Crippen LogP contribution in [-0.4, -0.2) is 24.3 Å². The molecule has 1 heterocycles. The highest BCUT2D eigenvalue weighted by atomic mass is 16.3. The number of nitrogens with two attached hydrogens (primary N) is 1. The van der Waals surface area contributed by atoms with Gasteiger partial charge in [0.05, 0.1) is 6.10 Å². The van der Waals surface area contributed by atoms with Gasteiger partial charge < -0.3 is 15.7 Å². The van der Waals surface area contributed by atoms with E-state index in [0.29, 0.717) is 11.8 Å². The molecule has 4 atom stereocenters. The Morgan fingerprint density at radius 2 is 2.06 bits per heavy atom. The standard InChI is InChI=1S/C15H22N2O/c1-10(16)12-4-2-3-5-14(12)17-8-11-6-7-15(18)13(11)9-17/h2-5,10-11,13,15,18H,6-9,16H2,1H3/t10-,11?,13?,15?/m1/s1. The molecule has 2 fully saturated rings. The summed E-state index contributed by atoms with van der Waals surface area (Å²) in [6.45, 7) is 4.09. The second-order valence-corrected chi connectivity index (χ2v) is 5.82. The third kappa shape index (κ3) is 1.91. The summed E-state index contributed by atoms with van der Waals surface area (Å²) in [6.07, 6.45) is 2.06. The molecule has 3 N–H and O–H groups in total. The second kappa shape index (κ2) is 4.56. The predicted molar refractivity (Wildman–Crippen MR) is 73.5 cm³/mol. The first-order valence-corrected chi connectivity index (χ1v) is 6.94. The van der Waals surface area contributed by atoms with Crippen molar-refractivity contribution in [2.75, 3.05) is 18.0 Å². The summed E-state index contributed by atoms with van der Waals surface area (Å²) in [5.74, 6) is 1.13. The topological polar surface area (TPSA) is 49.5 Å². The van der Waals surface area contributed by atoms with Gasteiger partial charge in [0.15, 0.2) is 0 Å². The van der Waals surface area contributed by atoms with Crippen molar-refractivity contribution in [2.24, 2.45) is 17.6 Å². The average molecular weight is 246 g/mol. The van der Waals surface area contributed by atoms with Crippen molar-refractivity contribution in [1.29, 1.82) is 0 Å². The number of fused-ring (bicyclic) bond motifs is 1. The molecule has 2 aliphatic rings. The Labute approximate surface area is 109 Å². The van der Waals surface area contributed by atoms with Crippen molar-refractivity contribution >= 4 is 5.69 Å². The molecule has 1 aliphatic carbocycles. The van der Waals surface area contributed by atoms with Crippen LogP contribution in [0.15, 0.2) is 24.3 Å². The molecule has 3 heteroatoms. The van der Waals surface area contributed by atoms with Crippen molar-refractivity contribution < 1.29 is 5.11 Å². The first-order chi connectivity index (χ1) is 8.66. The van der Waals surface area contributed by atoms with Gasteiger partial charge in [-0.1, -0.05) is 18.2 Å². The van der Waals surface area contributed by atoms with Gasteiger partial charge in [0.1, 0.15) is 0 Å². The maximum atomic E-state index is 9.99. The van der Waals surface area contributed by atoms with E-state index in [1.165, 1.54) is 17.7 Å². The molecule has 3 nitrogen and oxygen atoms in total. The highest BCUT2D eigenvalue weighted by Crippen LogP contribution is 2.41. The van der Waals surface area contributed by atoms with Gasteiger partial charge in [0.25, 0.3) is 0 Å². The highest BCUT2D eigenvalue weighted by molar-refractivity contribution is 5.56. The first-order valence-electron chi connectivity index (χ1n) is 6.94. The Bertz CT molecular complexity index is 432. The van der Waals surface area contributed by atoms with Crippen LogP contribution in [0.1, 0.15) is 31.4 Å². The monoisotopic (exact) mass is 246 g/mol. The van der Waals surface area contributed by atoms with Crippen molar-refractivity contribution in [2.45, 2.75) is 31.9 Å². The number of hydrogen-bond donors (Lipinski definition) is 2. The maximum Gasteiger partial charge on any atom is 0.0588 e. The fraction of sp³-hybridized carbons (Fsp3) is 0.600. The number of hydrogen-bond acceptors (Lipinski definition) is 3. The van der Waals surface area contributed by atoms with E-state index >= 15 is 0 Å². The van der Waals surface area contributed by atoms with E-state index < -0.39 is 0 Å². The Balaban J connectivity index is 1.85. The van der Waals surface area contributed by atoms with Crippen LogP contribution in [0.2, 0.25) is 0 Å². The quantitative estimate of drug-likeness (QED) is 0.838. The second-order valence-electron chi connectivity index (χ2n) is 5.82. The summed E-state index contributed by atoms with van der Waals surface area (Å²) in [5, 5.41) is 9.99. The molecule has 0 aromatic heterocycles. The number of rotatable bonds is 2. The Morgan fingerprint density at radius 1 is 1.28 bits per heavy atom. The SMILES string of the molecule is C[C@@H](N)c1ccccc1N1CC2CCC(O)C2C1. The number of para-hydroxylation sites is 1. The number of aliphatic hydroxyl groups excluding tert-OH is 1. The molecule has 3 unspecified atom stereocenters. The van der Waals surface area contributed by atoms with E-state index in [2.05, 4.69) is 23.1 Å². The molecule has 1 aliphatic heterocycles. The Hall–Kier alpha value is -1.06. The van der Waals surface area contributed by atoms with Crippen LogP contribution in [-0.2, 0) is 0 Å². The van der Waals surface area contributed by atoms with E-state index in [1.807, 2.05) is 13.0 Å². The number of benzene rings is 1. The van der Waals surface area contributed by atoms with Crippen molar-refractivity contribution in [3.8, 4) is 0 Å². The third-order valence-electron chi connectivity index (χ3n) is 4.59.